The normalized spacial score (nSPS) is 17.6. The quantitative estimate of drug-likeness (QED) is 0.598. The number of ether oxygens (including phenoxy) is 1. The molecule has 1 N–H and O–H groups in total. The van der Waals surface area contributed by atoms with Crippen LogP contribution in [0, 0.1) is 5.82 Å². The first-order chi connectivity index (χ1) is 14.6. The summed E-state index contributed by atoms with van der Waals surface area (Å²) in [4.78, 5) is 13.8. The van der Waals surface area contributed by atoms with Crippen molar-refractivity contribution in [2.45, 2.75) is 31.5 Å². The lowest BCUT2D eigenvalue weighted by Crippen LogP contribution is -2.39. The van der Waals surface area contributed by atoms with Crippen molar-refractivity contribution in [1.29, 1.82) is 0 Å². The van der Waals surface area contributed by atoms with Crippen LogP contribution in [0.5, 0.6) is 5.75 Å². The molecular formula is C25H24FNO3. The summed E-state index contributed by atoms with van der Waals surface area (Å²) >= 11 is 0. The molecule has 5 heteroatoms. The van der Waals surface area contributed by atoms with E-state index in [9.17, 15) is 14.3 Å². The van der Waals surface area contributed by atoms with Crippen LogP contribution in [-0.4, -0.2) is 28.6 Å². The van der Waals surface area contributed by atoms with Gasteiger partial charge < -0.3 is 9.84 Å². The molecule has 30 heavy (non-hydrogen) atoms. The number of carbonyl (C=O) groups is 1. The van der Waals surface area contributed by atoms with E-state index in [1.807, 2.05) is 59.5 Å². The van der Waals surface area contributed by atoms with Crippen molar-refractivity contribution >= 4 is 5.97 Å². The van der Waals surface area contributed by atoms with Gasteiger partial charge in [-0.1, -0.05) is 54.6 Å². The number of benzene rings is 3. The van der Waals surface area contributed by atoms with E-state index in [2.05, 4.69) is 0 Å². The molecule has 1 aliphatic rings. The molecule has 4 nitrogen and oxygen atoms in total. The van der Waals surface area contributed by atoms with Gasteiger partial charge in [-0.2, -0.15) is 0 Å². The standard InChI is InChI=1S/C25H24FNO3/c26-21-12-8-19(9-13-21)24(27-16-4-7-23(27)25(28)29)20-10-14-22(15-11-20)30-17-18-5-2-1-3-6-18/h1-3,5-6,8-15,23-24H,4,7,16-17H2,(H,28,29). The van der Waals surface area contributed by atoms with Crippen LogP contribution in [0.3, 0.4) is 0 Å². The molecule has 2 atom stereocenters. The minimum atomic E-state index is -0.817. The van der Waals surface area contributed by atoms with Crippen molar-refractivity contribution in [3.63, 3.8) is 0 Å². The molecule has 0 aromatic heterocycles. The molecule has 0 spiro atoms. The van der Waals surface area contributed by atoms with E-state index in [0.29, 0.717) is 19.6 Å². The third-order valence-corrected chi connectivity index (χ3v) is 5.54. The zero-order valence-corrected chi connectivity index (χ0v) is 16.6. The zero-order valence-electron chi connectivity index (χ0n) is 16.6. The van der Waals surface area contributed by atoms with Gasteiger partial charge in [0.2, 0.25) is 0 Å². The maximum Gasteiger partial charge on any atom is 0.320 e. The van der Waals surface area contributed by atoms with E-state index in [4.69, 9.17) is 4.74 Å². The maximum absolute atomic E-state index is 13.5. The SMILES string of the molecule is O=C(O)C1CCCN1C(c1ccc(F)cc1)c1ccc(OCc2ccccc2)cc1. The van der Waals surface area contributed by atoms with Crippen LogP contribution in [-0.2, 0) is 11.4 Å². The molecule has 0 radical (unpaired) electrons. The Bertz CT molecular complexity index is 974. The van der Waals surface area contributed by atoms with Gasteiger partial charge in [0.15, 0.2) is 0 Å². The molecule has 3 aromatic carbocycles. The smallest absolute Gasteiger partial charge is 0.320 e. The largest absolute Gasteiger partial charge is 0.489 e. The summed E-state index contributed by atoms with van der Waals surface area (Å²) in [5.74, 6) is -0.377. The average molecular weight is 405 g/mol. The van der Waals surface area contributed by atoms with E-state index in [0.717, 1.165) is 28.9 Å². The molecule has 1 aliphatic heterocycles. The van der Waals surface area contributed by atoms with Gasteiger partial charge in [-0.05, 0) is 53.8 Å². The van der Waals surface area contributed by atoms with Gasteiger partial charge >= 0.3 is 5.97 Å². The highest BCUT2D eigenvalue weighted by Gasteiger charge is 2.36. The molecule has 0 saturated carbocycles. The third-order valence-electron chi connectivity index (χ3n) is 5.54. The molecule has 4 rings (SSSR count). The van der Waals surface area contributed by atoms with Gasteiger partial charge in [0, 0.05) is 6.54 Å². The van der Waals surface area contributed by atoms with Crippen LogP contribution in [0.1, 0.15) is 35.6 Å². The Balaban J connectivity index is 1.58. The van der Waals surface area contributed by atoms with Crippen LogP contribution in [0.2, 0.25) is 0 Å². The number of carboxylic acids is 1. The predicted octanol–water partition coefficient (Wildman–Crippen LogP) is 5.04. The second kappa shape index (κ2) is 9.09. The van der Waals surface area contributed by atoms with Gasteiger partial charge in [0.1, 0.15) is 24.2 Å². The number of nitrogens with zero attached hydrogens (tertiary/aromatic N) is 1. The van der Waals surface area contributed by atoms with Gasteiger partial charge in [-0.15, -0.1) is 0 Å². The number of carboxylic acid groups (broad SMARTS) is 1. The van der Waals surface area contributed by atoms with Gasteiger partial charge in [0.25, 0.3) is 0 Å². The lowest BCUT2D eigenvalue weighted by Gasteiger charge is -2.32. The number of halogens is 1. The Morgan fingerprint density at radius 1 is 1.00 bits per heavy atom. The van der Waals surface area contributed by atoms with Crippen molar-refractivity contribution in [2.24, 2.45) is 0 Å². The van der Waals surface area contributed by atoms with Crippen LogP contribution in [0.15, 0.2) is 78.9 Å². The first-order valence-electron chi connectivity index (χ1n) is 10.1. The third kappa shape index (κ3) is 4.52. The number of likely N-dealkylation sites (tertiary alicyclic amines) is 1. The highest BCUT2D eigenvalue weighted by Crippen LogP contribution is 2.35. The van der Waals surface area contributed by atoms with Crippen molar-refractivity contribution in [2.75, 3.05) is 6.54 Å². The Labute approximate surface area is 175 Å². The van der Waals surface area contributed by atoms with E-state index >= 15 is 0 Å². The van der Waals surface area contributed by atoms with E-state index < -0.39 is 12.0 Å². The molecule has 2 unspecified atom stereocenters. The number of aliphatic carboxylic acids is 1. The Kier molecular flexibility index (Phi) is 6.10. The summed E-state index contributed by atoms with van der Waals surface area (Å²) in [6.45, 7) is 1.17. The molecule has 0 aliphatic carbocycles. The summed E-state index contributed by atoms with van der Waals surface area (Å²) in [6, 6.07) is 23.2. The zero-order chi connectivity index (χ0) is 20.9. The lowest BCUT2D eigenvalue weighted by atomic mass is 9.96. The summed E-state index contributed by atoms with van der Waals surface area (Å²) in [6.07, 6.45) is 1.44. The summed E-state index contributed by atoms with van der Waals surface area (Å²) in [5.41, 5.74) is 2.93. The van der Waals surface area contributed by atoms with Gasteiger partial charge in [-0.3, -0.25) is 9.69 Å². The Morgan fingerprint density at radius 2 is 1.63 bits per heavy atom. The topological polar surface area (TPSA) is 49.8 Å². The van der Waals surface area contributed by atoms with Crippen molar-refractivity contribution < 1.29 is 19.0 Å². The van der Waals surface area contributed by atoms with Gasteiger partial charge in [-0.25, -0.2) is 4.39 Å². The summed E-state index contributed by atoms with van der Waals surface area (Å²) in [7, 11) is 0. The molecule has 3 aromatic rings. The monoisotopic (exact) mass is 405 g/mol. The van der Waals surface area contributed by atoms with E-state index in [1.165, 1.54) is 12.1 Å². The van der Waals surface area contributed by atoms with Crippen LogP contribution < -0.4 is 4.74 Å². The Hall–Kier alpha value is -3.18. The van der Waals surface area contributed by atoms with Crippen LogP contribution >= 0.6 is 0 Å². The molecule has 154 valence electrons. The molecule has 1 heterocycles. The second-order valence-electron chi connectivity index (χ2n) is 7.53. The molecule has 0 bridgehead atoms. The fourth-order valence-electron chi connectivity index (χ4n) is 4.07. The van der Waals surface area contributed by atoms with Crippen LogP contribution in [0.4, 0.5) is 4.39 Å². The average Bonchev–Trinajstić information content (AvgIpc) is 3.25. The van der Waals surface area contributed by atoms with Crippen LogP contribution in [0.25, 0.3) is 0 Å². The highest BCUT2D eigenvalue weighted by molar-refractivity contribution is 5.74. The lowest BCUT2D eigenvalue weighted by molar-refractivity contribution is -0.142. The molecule has 0 amide bonds. The predicted molar refractivity (Wildman–Crippen MR) is 113 cm³/mol. The fourth-order valence-corrected chi connectivity index (χ4v) is 4.07. The minimum absolute atomic E-state index is 0.252. The van der Waals surface area contributed by atoms with Gasteiger partial charge in [0.05, 0.1) is 6.04 Å². The first kappa shape index (κ1) is 20.1. The van der Waals surface area contributed by atoms with Crippen molar-refractivity contribution in [3.05, 3.63) is 101 Å². The van der Waals surface area contributed by atoms with Crippen molar-refractivity contribution in [1.82, 2.24) is 4.90 Å². The maximum atomic E-state index is 13.5. The second-order valence-corrected chi connectivity index (χ2v) is 7.53. The summed E-state index contributed by atoms with van der Waals surface area (Å²) in [5, 5.41) is 9.67. The minimum Gasteiger partial charge on any atom is -0.489 e. The number of hydrogen-bond acceptors (Lipinski definition) is 3. The molecule has 1 fully saturated rings. The van der Waals surface area contributed by atoms with E-state index in [-0.39, 0.29) is 11.9 Å². The number of rotatable bonds is 7. The van der Waals surface area contributed by atoms with Crippen molar-refractivity contribution in [3.8, 4) is 5.75 Å². The molecular weight excluding hydrogens is 381 g/mol. The van der Waals surface area contributed by atoms with E-state index in [1.54, 1.807) is 12.1 Å². The first-order valence-corrected chi connectivity index (χ1v) is 10.1. The number of hydrogen-bond donors (Lipinski definition) is 1. The highest BCUT2D eigenvalue weighted by atomic mass is 19.1. The fraction of sp³-hybridized carbons (Fsp3) is 0.240. The Morgan fingerprint density at radius 3 is 2.27 bits per heavy atom. The molecule has 1 saturated heterocycles. The summed E-state index contributed by atoms with van der Waals surface area (Å²) < 4.78 is 19.4.